The number of rotatable bonds is 6. The van der Waals surface area contributed by atoms with Crippen molar-refractivity contribution in [1.29, 1.82) is 0 Å². The van der Waals surface area contributed by atoms with Gasteiger partial charge >= 0.3 is 5.97 Å². The molecule has 2 aromatic rings. The lowest BCUT2D eigenvalue weighted by molar-refractivity contribution is -0.128. The Morgan fingerprint density at radius 1 is 1.38 bits per heavy atom. The molecule has 0 bridgehead atoms. The number of likely N-dealkylation sites (tertiary alicyclic amines) is 1. The van der Waals surface area contributed by atoms with E-state index in [4.69, 9.17) is 14.3 Å². The monoisotopic (exact) mass is 358 g/mol. The minimum absolute atomic E-state index is 0.0560. The summed E-state index contributed by atoms with van der Waals surface area (Å²) >= 11 is 0. The molecule has 2 amide bonds. The molecule has 1 unspecified atom stereocenters. The maximum Gasteiger partial charge on any atom is 0.335 e. The van der Waals surface area contributed by atoms with Crippen LogP contribution in [0.15, 0.2) is 41.0 Å². The van der Waals surface area contributed by atoms with Crippen molar-refractivity contribution in [2.24, 2.45) is 5.92 Å². The molecule has 26 heavy (non-hydrogen) atoms. The van der Waals surface area contributed by atoms with Crippen LogP contribution < -0.4 is 10.1 Å². The minimum Gasteiger partial charge on any atom is -0.495 e. The van der Waals surface area contributed by atoms with E-state index in [0.29, 0.717) is 24.5 Å². The normalized spacial score (nSPS) is 16.6. The second-order valence-corrected chi connectivity index (χ2v) is 5.96. The van der Waals surface area contributed by atoms with Gasteiger partial charge in [-0.25, -0.2) is 4.79 Å². The van der Waals surface area contributed by atoms with Crippen molar-refractivity contribution in [1.82, 2.24) is 4.90 Å². The van der Waals surface area contributed by atoms with Gasteiger partial charge in [-0.15, -0.1) is 0 Å². The Labute approximate surface area is 149 Å². The molecule has 1 aromatic carbocycles. The second-order valence-electron chi connectivity index (χ2n) is 5.96. The zero-order valence-electron chi connectivity index (χ0n) is 14.1. The van der Waals surface area contributed by atoms with Crippen LogP contribution in [0.2, 0.25) is 0 Å². The fourth-order valence-corrected chi connectivity index (χ4v) is 2.85. The molecule has 2 heterocycles. The Bertz CT molecular complexity index is 830. The lowest BCUT2D eigenvalue weighted by atomic mass is 10.1. The van der Waals surface area contributed by atoms with E-state index >= 15 is 0 Å². The van der Waals surface area contributed by atoms with E-state index in [1.165, 1.54) is 31.6 Å². The van der Waals surface area contributed by atoms with Gasteiger partial charge in [-0.3, -0.25) is 9.59 Å². The first-order chi connectivity index (χ1) is 12.5. The van der Waals surface area contributed by atoms with Crippen molar-refractivity contribution in [2.45, 2.75) is 13.0 Å². The van der Waals surface area contributed by atoms with Crippen LogP contribution in [0, 0.1) is 5.92 Å². The largest absolute Gasteiger partial charge is 0.495 e. The standard InChI is InChI=1S/C18H18N2O6/c1-25-15-7-11(18(23)24)4-5-14(15)19-17(22)12-8-16(21)20(9-12)10-13-3-2-6-26-13/h2-7,12H,8-10H2,1H3,(H,19,22)(H,23,24). The molecule has 0 spiro atoms. The van der Waals surface area contributed by atoms with E-state index < -0.39 is 11.9 Å². The molecule has 1 aliphatic heterocycles. The van der Waals surface area contributed by atoms with E-state index in [0.717, 1.165) is 0 Å². The van der Waals surface area contributed by atoms with Crippen LogP contribution in [-0.2, 0) is 16.1 Å². The van der Waals surface area contributed by atoms with Gasteiger partial charge in [0.1, 0.15) is 11.5 Å². The predicted octanol–water partition coefficient (Wildman–Crippen LogP) is 1.97. The third-order valence-electron chi connectivity index (χ3n) is 4.22. The number of hydrogen-bond acceptors (Lipinski definition) is 5. The number of carboxylic acids is 1. The van der Waals surface area contributed by atoms with Crippen molar-refractivity contribution in [3.8, 4) is 5.75 Å². The highest BCUT2D eigenvalue weighted by Crippen LogP contribution is 2.28. The van der Waals surface area contributed by atoms with Crippen molar-refractivity contribution >= 4 is 23.5 Å². The van der Waals surface area contributed by atoms with Gasteiger partial charge in [0.05, 0.1) is 37.1 Å². The predicted molar refractivity (Wildman–Crippen MR) is 90.8 cm³/mol. The molecular weight excluding hydrogens is 340 g/mol. The van der Waals surface area contributed by atoms with Gasteiger partial charge in [0.2, 0.25) is 11.8 Å². The number of carboxylic acid groups (broad SMARTS) is 1. The van der Waals surface area contributed by atoms with E-state index in [-0.39, 0.29) is 29.5 Å². The summed E-state index contributed by atoms with van der Waals surface area (Å²) in [5.41, 5.74) is 0.417. The Morgan fingerprint density at radius 3 is 2.85 bits per heavy atom. The number of ether oxygens (including phenoxy) is 1. The molecule has 0 saturated carbocycles. The Kier molecular flexibility index (Phi) is 4.92. The van der Waals surface area contributed by atoms with Crippen LogP contribution in [0.5, 0.6) is 5.75 Å². The number of furan rings is 1. The highest BCUT2D eigenvalue weighted by atomic mass is 16.5. The number of anilines is 1. The average molecular weight is 358 g/mol. The molecule has 1 aromatic heterocycles. The van der Waals surface area contributed by atoms with Gasteiger partial charge in [0.25, 0.3) is 0 Å². The third kappa shape index (κ3) is 3.69. The number of benzene rings is 1. The number of amides is 2. The van der Waals surface area contributed by atoms with Crippen molar-refractivity contribution in [3.63, 3.8) is 0 Å². The molecule has 1 atom stereocenters. The van der Waals surface area contributed by atoms with Crippen LogP contribution in [-0.4, -0.2) is 41.4 Å². The van der Waals surface area contributed by atoms with Gasteiger partial charge < -0.3 is 24.5 Å². The number of carbonyl (C=O) groups excluding carboxylic acids is 2. The summed E-state index contributed by atoms with van der Waals surface area (Å²) in [6.07, 6.45) is 1.65. The van der Waals surface area contributed by atoms with E-state index in [9.17, 15) is 14.4 Å². The van der Waals surface area contributed by atoms with Crippen molar-refractivity contribution < 1.29 is 28.6 Å². The minimum atomic E-state index is -1.09. The lowest BCUT2D eigenvalue weighted by Gasteiger charge is -2.16. The third-order valence-corrected chi connectivity index (χ3v) is 4.22. The maximum absolute atomic E-state index is 12.5. The smallest absolute Gasteiger partial charge is 0.335 e. The van der Waals surface area contributed by atoms with Crippen LogP contribution in [0.1, 0.15) is 22.5 Å². The Balaban J connectivity index is 1.67. The van der Waals surface area contributed by atoms with E-state index in [1.54, 1.807) is 17.0 Å². The Morgan fingerprint density at radius 2 is 2.19 bits per heavy atom. The molecule has 3 rings (SSSR count). The fourth-order valence-electron chi connectivity index (χ4n) is 2.85. The quantitative estimate of drug-likeness (QED) is 0.817. The SMILES string of the molecule is COc1cc(C(=O)O)ccc1NC(=O)C1CC(=O)N(Cc2ccco2)C1. The molecule has 1 saturated heterocycles. The highest BCUT2D eigenvalue weighted by Gasteiger charge is 2.35. The summed E-state index contributed by atoms with van der Waals surface area (Å²) in [6, 6.07) is 7.70. The molecule has 1 fully saturated rings. The molecule has 1 aliphatic rings. The van der Waals surface area contributed by atoms with Crippen molar-refractivity contribution in [2.75, 3.05) is 19.0 Å². The zero-order valence-corrected chi connectivity index (χ0v) is 14.1. The van der Waals surface area contributed by atoms with E-state index in [2.05, 4.69) is 5.32 Å². The van der Waals surface area contributed by atoms with Crippen LogP contribution in [0.4, 0.5) is 5.69 Å². The summed E-state index contributed by atoms with van der Waals surface area (Å²) < 4.78 is 10.4. The summed E-state index contributed by atoms with van der Waals surface area (Å²) in [6.45, 7) is 0.618. The van der Waals surface area contributed by atoms with Gasteiger partial charge in [-0.05, 0) is 30.3 Å². The zero-order chi connectivity index (χ0) is 18.7. The van der Waals surface area contributed by atoms with Gasteiger partial charge in [-0.1, -0.05) is 0 Å². The summed E-state index contributed by atoms with van der Waals surface area (Å²) in [5.74, 6) is -1.12. The molecule has 8 nitrogen and oxygen atoms in total. The Hall–Kier alpha value is -3.29. The first kappa shape index (κ1) is 17.5. The summed E-state index contributed by atoms with van der Waals surface area (Å²) in [5, 5.41) is 11.7. The van der Waals surface area contributed by atoms with Gasteiger partial charge in [0.15, 0.2) is 0 Å². The van der Waals surface area contributed by atoms with Crippen LogP contribution in [0.25, 0.3) is 0 Å². The molecular formula is C18H18N2O6. The first-order valence-corrected chi connectivity index (χ1v) is 8.00. The number of methoxy groups -OCH3 is 1. The van der Waals surface area contributed by atoms with E-state index in [1.807, 2.05) is 0 Å². The molecule has 8 heteroatoms. The molecule has 0 aliphatic carbocycles. The highest BCUT2D eigenvalue weighted by molar-refractivity contribution is 5.99. The number of aromatic carboxylic acids is 1. The van der Waals surface area contributed by atoms with Gasteiger partial charge in [0, 0.05) is 13.0 Å². The number of carbonyl (C=O) groups is 3. The van der Waals surface area contributed by atoms with Crippen LogP contribution in [0.3, 0.4) is 0 Å². The molecule has 136 valence electrons. The lowest BCUT2D eigenvalue weighted by Crippen LogP contribution is -2.28. The second kappa shape index (κ2) is 7.30. The number of nitrogens with one attached hydrogen (secondary N) is 1. The average Bonchev–Trinajstić information content (AvgIpc) is 3.25. The topological polar surface area (TPSA) is 109 Å². The summed E-state index contributed by atoms with van der Waals surface area (Å²) in [4.78, 5) is 37.2. The number of nitrogens with zero attached hydrogens (tertiary/aromatic N) is 1. The molecule has 2 N–H and O–H groups in total. The van der Waals surface area contributed by atoms with Crippen LogP contribution >= 0.6 is 0 Å². The van der Waals surface area contributed by atoms with Gasteiger partial charge in [-0.2, -0.15) is 0 Å². The summed E-state index contributed by atoms with van der Waals surface area (Å²) in [7, 11) is 1.39. The number of hydrogen-bond donors (Lipinski definition) is 2. The maximum atomic E-state index is 12.5. The molecule has 0 radical (unpaired) electrons. The van der Waals surface area contributed by atoms with Crippen molar-refractivity contribution in [3.05, 3.63) is 47.9 Å². The fraction of sp³-hybridized carbons (Fsp3) is 0.278. The first-order valence-electron chi connectivity index (χ1n) is 8.00.